The average molecular weight is 420 g/mol. The summed E-state index contributed by atoms with van der Waals surface area (Å²) in [6.45, 7) is 9.89. The molecule has 3 rings (SSSR count). The molecule has 5 nitrogen and oxygen atoms in total. The third-order valence-electron chi connectivity index (χ3n) is 6.18. The maximum Gasteiger partial charge on any atom is 0.253 e. The largest absolute Gasteiger partial charge is 0.339 e. The molecule has 2 aromatic rings. The Morgan fingerprint density at radius 3 is 2.32 bits per heavy atom. The molecule has 0 bridgehead atoms. The fourth-order valence-corrected chi connectivity index (χ4v) is 4.28. The van der Waals surface area contributed by atoms with Crippen LogP contribution in [-0.2, 0) is 11.2 Å². The molecule has 0 aliphatic carbocycles. The van der Waals surface area contributed by atoms with Crippen molar-refractivity contribution in [1.29, 1.82) is 0 Å². The molecular formula is C26H33N3O2. The number of hydrogen-bond donors (Lipinski definition) is 1. The van der Waals surface area contributed by atoms with Crippen LogP contribution in [0.4, 0.5) is 5.69 Å². The highest BCUT2D eigenvalue weighted by molar-refractivity contribution is 6.01. The van der Waals surface area contributed by atoms with Crippen molar-refractivity contribution in [3.63, 3.8) is 0 Å². The third kappa shape index (κ3) is 5.82. The summed E-state index contributed by atoms with van der Waals surface area (Å²) in [5.41, 5.74) is 4.56. The summed E-state index contributed by atoms with van der Waals surface area (Å²) < 4.78 is 0. The first kappa shape index (κ1) is 22.8. The Morgan fingerprint density at radius 2 is 1.74 bits per heavy atom. The van der Waals surface area contributed by atoms with Crippen LogP contribution < -0.4 is 5.32 Å². The molecule has 2 amide bonds. The molecule has 164 valence electrons. The number of hydrogen-bond acceptors (Lipinski definition) is 3. The highest BCUT2D eigenvalue weighted by Crippen LogP contribution is 2.25. The number of piperidine rings is 1. The number of carbonyl (C=O) groups excluding carboxylic acids is 2. The zero-order valence-corrected chi connectivity index (χ0v) is 18.9. The first-order valence-corrected chi connectivity index (χ1v) is 11.0. The molecule has 31 heavy (non-hydrogen) atoms. The Morgan fingerprint density at radius 1 is 1.13 bits per heavy atom. The standard InChI is InChI=1S/C26H33N3O2/c1-5-24(30)27-25-19(2)17-22(18-20(25)3)26(31)29-15-12-23(13-16-29)28(4)14-11-21-9-7-6-8-10-21/h5-10,17-18,23H,1,11-16H2,2-4H3,(H,27,30). The Bertz CT molecular complexity index is 908. The van der Waals surface area contributed by atoms with Crippen LogP contribution in [0.15, 0.2) is 55.1 Å². The van der Waals surface area contributed by atoms with Crippen LogP contribution in [0.5, 0.6) is 0 Å². The van der Waals surface area contributed by atoms with Gasteiger partial charge in [-0.15, -0.1) is 0 Å². The molecule has 0 saturated carbocycles. The molecule has 2 aromatic carbocycles. The monoisotopic (exact) mass is 419 g/mol. The molecule has 5 heteroatoms. The molecule has 1 heterocycles. The lowest BCUT2D eigenvalue weighted by Gasteiger charge is -2.37. The van der Waals surface area contributed by atoms with E-state index in [0.29, 0.717) is 11.6 Å². The van der Waals surface area contributed by atoms with Crippen LogP contribution in [0, 0.1) is 13.8 Å². The Hall–Kier alpha value is -2.92. The smallest absolute Gasteiger partial charge is 0.253 e. The number of aryl methyl sites for hydroxylation is 2. The van der Waals surface area contributed by atoms with E-state index in [1.54, 1.807) is 0 Å². The summed E-state index contributed by atoms with van der Waals surface area (Å²) >= 11 is 0. The van der Waals surface area contributed by atoms with Gasteiger partial charge in [0.2, 0.25) is 5.91 Å². The van der Waals surface area contributed by atoms with Crippen molar-refractivity contribution in [3.05, 3.63) is 77.4 Å². The Labute approximate surface area is 185 Å². The summed E-state index contributed by atoms with van der Waals surface area (Å²) in [5, 5.41) is 2.83. The van der Waals surface area contributed by atoms with Crippen LogP contribution in [0.1, 0.15) is 39.9 Å². The van der Waals surface area contributed by atoms with Gasteiger partial charge in [-0.1, -0.05) is 36.9 Å². The number of likely N-dealkylation sites (tertiary alicyclic amines) is 1. The molecule has 0 spiro atoms. The Kier molecular flexibility index (Phi) is 7.64. The minimum Gasteiger partial charge on any atom is -0.339 e. The molecule has 0 radical (unpaired) electrons. The van der Waals surface area contributed by atoms with Crippen molar-refractivity contribution in [2.75, 3.05) is 32.0 Å². The SMILES string of the molecule is C=CC(=O)Nc1c(C)cc(C(=O)N2CCC(N(C)CCc3ccccc3)CC2)cc1C. The van der Waals surface area contributed by atoms with Crippen molar-refractivity contribution >= 4 is 17.5 Å². The topological polar surface area (TPSA) is 52.7 Å². The van der Waals surface area contributed by atoms with E-state index in [0.717, 1.165) is 55.7 Å². The van der Waals surface area contributed by atoms with Gasteiger partial charge in [-0.05, 0) is 75.1 Å². The molecule has 1 N–H and O–H groups in total. The number of benzene rings is 2. The van der Waals surface area contributed by atoms with Gasteiger partial charge in [-0.2, -0.15) is 0 Å². The van der Waals surface area contributed by atoms with Gasteiger partial charge in [0.15, 0.2) is 0 Å². The van der Waals surface area contributed by atoms with Gasteiger partial charge >= 0.3 is 0 Å². The van der Waals surface area contributed by atoms with E-state index in [2.05, 4.69) is 48.1 Å². The molecule has 1 aliphatic rings. The van der Waals surface area contributed by atoms with E-state index < -0.39 is 0 Å². The van der Waals surface area contributed by atoms with E-state index in [-0.39, 0.29) is 11.8 Å². The first-order valence-electron chi connectivity index (χ1n) is 11.0. The molecule has 0 unspecified atom stereocenters. The second kappa shape index (κ2) is 10.4. The van der Waals surface area contributed by atoms with Crippen molar-refractivity contribution in [2.24, 2.45) is 0 Å². The van der Waals surface area contributed by atoms with E-state index in [4.69, 9.17) is 0 Å². The molecular weight excluding hydrogens is 386 g/mol. The van der Waals surface area contributed by atoms with Crippen LogP contribution in [0.3, 0.4) is 0 Å². The van der Waals surface area contributed by atoms with E-state index in [9.17, 15) is 9.59 Å². The van der Waals surface area contributed by atoms with Crippen LogP contribution >= 0.6 is 0 Å². The fraction of sp³-hybridized carbons (Fsp3) is 0.385. The minimum absolute atomic E-state index is 0.0678. The second-order valence-electron chi connectivity index (χ2n) is 8.42. The zero-order chi connectivity index (χ0) is 22.4. The summed E-state index contributed by atoms with van der Waals surface area (Å²) in [6.07, 6.45) is 4.27. The third-order valence-corrected chi connectivity index (χ3v) is 6.18. The number of carbonyl (C=O) groups is 2. The summed E-state index contributed by atoms with van der Waals surface area (Å²) in [7, 11) is 2.19. The van der Waals surface area contributed by atoms with Crippen molar-refractivity contribution in [1.82, 2.24) is 9.80 Å². The van der Waals surface area contributed by atoms with Gasteiger partial charge in [-0.3, -0.25) is 9.59 Å². The van der Waals surface area contributed by atoms with Gasteiger partial charge < -0.3 is 15.1 Å². The minimum atomic E-state index is -0.247. The Balaban J connectivity index is 1.56. The number of anilines is 1. The second-order valence-corrected chi connectivity index (χ2v) is 8.42. The number of rotatable bonds is 7. The van der Waals surface area contributed by atoms with Crippen LogP contribution in [0.25, 0.3) is 0 Å². The molecule has 0 atom stereocenters. The number of amides is 2. The maximum atomic E-state index is 13.1. The maximum absolute atomic E-state index is 13.1. The predicted octanol–water partition coefficient (Wildman–Crippen LogP) is 4.21. The van der Waals surface area contributed by atoms with Gasteiger partial charge in [0, 0.05) is 36.9 Å². The van der Waals surface area contributed by atoms with Crippen molar-refractivity contribution < 1.29 is 9.59 Å². The lowest BCUT2D eigenvalue weighted by atomic mass is 10.00. The van der Waals surface area contributed by atoms with Gasteiger partial charge in [0.1, 0.15) is 0 Å². The van der Waals surface area contributed by atoms with Crippen LogP contribution in [0.2, 0.25) is 0 Å². The molecule has 1 aliphatic heterocycles. The highest BCUT2D eigenvalue weighted by atomic mass is 16.2. The molecule has 1 fully saturated rings. The normalized spacial score (nSPS) is 14.5. The quantitative estimate of drug-likeness (QED) is 0.684. The van der Waals surface area contributed by atoms with Gasteiger partial charge in [0.25, 0.3) is 5.91 Å². The predicted molar refractivity (Wildman–Crippen MR) is 126 cm³/mol. The highest BCUT2D eigenvalue weighted by Gasteiger charge is 2.26. The van der Waals surface area contributed by atoms with Crippen molar-refractivity contribution in [2.45, 2.75) is 39.2 Å². The van der Waals surface area contributed by atoms with Gasteiger partial charge in [0.05, 0.1) is 0 Å². The van der Waals surface area contributed by atoms with Crippen molar-refractivity contribution in [3.8, 4) is 0 Å². The summed E-state index contributed by atoms with van der Waals surface area (Å²) in [5.74, 6) is -0.179. The van der Waals surface area contributed by atoms with E-state index in [1.807, 2.05) is 36.9 Å². The summed E-state index contributed by atoms with van der Waals surface area (Å²) in [6, 6.07) is 14.8. The molecule has 0 aromatic heterocycles. The molecule has 1 saturated heterocycles. The fourth-order valence-electron chi connectivity index (χ4n) is 4.28. The number of nitrogens with zero attached hydrogens (tertiary/aromatic N) is 2. The van der Waals surface area contributed by atoms with E-state index in [1.165, 1.54) is 11.6 Å². The first-order chi connectivity index (χ1) is 14.9. The van der Waals surface area contributed by atoms with Gasteiger partial charge in [-0.25, -0.2) is 0 Å². The number of likely N-dealkylation sites (N-methyl/N-ethyl adjacent to an activating group) is 1. The van der Waals surface area contributed by atoms with E-state index >= 15 is 0 Å². The van der Waals surface area contributed by atoms with Crippen LogP contribution in [-0.4, -0.2) is 54.3 Å². The zero-order valence-electron chi connectivity index (χ0n) is 18.9. The summed E-state index contributed by atoms with van der Waals surface area (Å²) in [4.78, 5) is 29.1. The number of nitrogens with one attached hydrogen (secondary N) is 1. The lowest BCUT2D eigenvalue weighted by Crippen LogP contribution is -2.46. The lowest BCUT2D eigenvalue weighted by molar-refractivity contribution is -0.111. The average Bonchev–Trinajstić information content (AvgIpc) is 2.79.